The van der Waals surface area contributed by atoms with Crippen LogP contribution in [-0.4, -0.2) is 72.0 Å². The number of nitrogen functional groups attached to an aromatic ring is 1. The monoisotopic (exact) mass is 582 g/mol. The van der Waals surface area contributed by atoms with Crippen molar-refractivity contribution in [1.29, 1.82) is 5.41 Å². The second-order valence-electron chi connectivity index (χ2n) is 14.4. The van der Waals surface area contributed by atoms with Crippen molar-refractivity contribution >= 4 is 23.7 Å². The fraction of sp³-hybridized carbons (Fsp3) is 0.724. The molecule has 5 N–H and O–H groups in total. The van der Waals surface area contributed by atoms with Crippen LogP contribution < -0.4 is 17.0 Å². The van der Waals surface area contributed by atoms with Gasteiger partial charge in [-0.05, 0) is 87.4 Å². The standard InChI is InChI=1S/C29H38N6O7/c1-32-22(38)29(34(24(32)41)15-27-10-28(11-27,12-27)23(39)40)13-26(14-29)7-5-17(6-8-26)35-21(37)18(19(30)31)20(36)33(25(35)42)9-16-3-2-4-16/h16-17,36H,2-15H2,1H3,(H3,30,31)(H,39,40). The van der Waals surface area contributed by atoms with Crippen molar-refractivity contribution in [3.05, 3.63) is 26.4 Å². The second kappa shape index (κ2) is 8.47. The molecular weight excluding hydrogens is 544 g/mol. The number of likely N-dealkylation sites (N-methyl/N-ethyl adjacent to an activating group) is 1. The largest absolute Gasteiger partial charge is 0.494 e. The topological polar surface area (TPSA) is 192 Å². The van der Waals surface area contributed by atoms with Crippen LogP contribution in [0.3, 0.4) is 0 Å². The summed E-state index contributed by atoms with van der Waals surface area (Å²) in [6.07, 6.45) is 7.93. The molecule has 0 unspecified atom stereocenters. The van der Waals surface area contributed by atoms with Crippen molar-refractivity contribution < 1.29 is 24.6 Å². The highest BCUT2D eigenvalue weighted by molar-refractivity contribution is 6.07. The molecule has 8 rings (SSSR count). The van der Waals surface area contributed by atoms with Crippen molar-refractivity contribution in [2.75, 3.05) is 13.6 Å². The third kappa shape index (κ3) is 3.42. The van der Waals surface area contributed by atoms with Crippen molar-refractivity contribution in [3.8, 4) is 5.88 Å². The first-order valence-corrected chi connectivity index (χ1v) is 15.0. The summed E-state index contributed by atoms with van der Waals surface area (Å²) in [4.78, 5) is 68.0. The van der Waals surface area contributed by atoms with E-state index in [9.17, 15) is 34.2 Å². The number of aliphatic carboxylic acids is 1. The van der Waals surface area contributed by atoms with Gasteiger partial charge in [-0.3, -0.25) is 33.8 Å². The van der Waals surface area contributed by atoms with Gasteiger partial charge in [0.05, 0.1) is 5.41 Å². The zero-order valence-corrected chi connectivity index (χ0v) is 23.9. The van der Waals surface area contributed by atoms with Crippen LogP contribution in [0.4, 0.5) is 4.79 Å². The smallest absolute Gasteiger partial charge is 0.334 e. The molecule has 0 radical (unpaired) electrons. The molecule has 7 fully saturated rings. The van der Waals surface area contributed by atoms with Gasteiger partial charge in [-0.15, -0.1) is 0 Å². The summed E-state index contributed by atoms with van der Waals surface area (Å²) < 4.78 is 2.36. The van der Waals surface area contributed by atoms with Crippen LogP contribution in [0, 0.1) is 27.6 Å². The van der Waals surface area contributed by atoms with E-state index < -0.39 is 45.9 Å². The second-order valence-corrected chi connectivity index (χ2v) is 14.4. The fourth-order valence-corrected chi connectivity index (χ4v) is 9.50. The average molecular weight is 583 g/mol. The SMILES string of the molecule is CN1C(=O)N(CC23CC(C(=O)O)(C2)C3)C2(CC3(CCC(n4c(=O)c(C(=N)N)c(O)n(CC5CCC5)c4=O)CC3)C2)C1=O. The molecule has 1 aromatic rings. The third-order valence-electron chi connectivity index (χ3n) is 11.8. The number of aromatic nitrogens is 2. The number of nitrogens with zero attached hydrogens (tertiary/aromatic N) is 4. The predicted molar refractivity (Wildman–Crippen MR) is 148 cm³/mol. The Kier molecular flexibility index (Phi) is 5.49. The molecular formula is C29H38N6O7. The van der Waals surface area contributed by atoms with Gasteiger partial charge in [0.15, 0.2) is 0 Å². The Labute approximate surface area is 241 Å². The lowest BCUT2D eigenvalue weighted by atomic mass is 9.35. The van der Waals surface area contributed by atoms with Crippen molar-refractivity contribution in [3.63, 3.8) is 0 Å². The molecule has 2 heterocycles. The maximum Gasteiger partial charge on any atom is 0.334 e. The van der Waals surface area contributed by atoms with Crippen LogP contribution in [0.1, 0.15) is 88.7 Å². The molecule has 1 aliphatic heterocycles. The third-order valence-corrected chi connectivity index (χ3v) is 11.8. The number of hydrogen-bond acceptors (Lipinski definition) is 7. The lowest BCUT2D eigenvalue weighted by Gasteiger charge is -2.70. The lowest BCUT2D eigenvalue weighted by Crippen LogP contribution is -2.72. The van der Waals surface area contributed by atoms with Crippen LogP contribution >= 0.6 is 0 Å². The van der Waals surface area contributed by atoms with E-state index in [1.165, 1.54) is 21.1 Å². The number of rotatable bonds is 7. The highest BCUT2D eigenvalue weighted by Crippen LogP contribution is 2.74. The highest BCUT2D eigenvalue weighted by Gasteiger charge is 2.75. The maximum absolute atomic E-state index is 13.5. The Morgan fingerprint density at radius 1 is 1.02 bits per heavy atom. The van der Waals surface area contributed by atoms with E-state index in [2.05, 4.69) is 0 Å². The van der Waals surface area contributed by atoms with E-state index in [0.29, 0.717) is 64.3 Å². The maximum atomic E-state index is 13.5. The van der Waals surface area contributed by atoms with Crippen molar-refractivity contribution in [1.82, 2.24) is 18.9 Å². The predicted octanol–water partition coefficient (Wildman–Crippen LogP) is 1.58. The molecule has 7 aliphatic rings. The Morgan fingerprint density at radius 2 is 1.64 bits per heavy atom. The molecule has 0 aromatic carbocycles. The Hall–Kier alpha value is -3.64. The zero-order valence-electron chi connectivity index (χ0n) is 23.9. The number of carbonyl (C=O) groups is 3. The van der Waals surface area contributed by atoms with Gasteiger partial charge in [-0.2, -0.15) is 0 Å². The number of urea groups is 1. The summed E-state index contributed by atoms with van der Waals surface area (Å²) in [6.45, 7) is 0.673. The van der Waals surface area contributed by atoms with Gasteiger partial charge >= 0.3 is 17.7 Å². The number of nitrogens with one attached hydrogen (secondary N) is 1. The molecule has 1 saturated heterocycles. The summed E-state index contributed by atoms with van der Waals surface area (Å²) in [6, 6.07) is -0.747. The van der Waals surface area contributed by atoms with Gasteiger partial charge in [-0.1, -0.05) is 6.42 Å². The first-order chi connectivity index (χ1) is 19.8. The molecule has 226 valence electrons. The molecule has 0 atom stereocenters. The molecule has 6 saturated carbocycles. The number of carbonyl (C=O) groups excluding carboxylic acids is 2. The molecule has 13 nitrogen and oxygen atoms in total. The number of hydrogen-bond donors (Lipinski definition) is 4. The minimum Gasteiger partial charge on any atom is -0.494 e. The fourth-order valence-electron chi connectivity index (χ4n) is 9.50. The van der Waals surface area contributed by atoms with Crippen LogP contribution in [0.2, 0.25) is 0 Å². The minimum atomic E-state index is -0.919. The van der Waals surface area contributed by atoms with Crippen LogP contribution in [0.25, 0.3) is 0 Å². The summed E-state index contributed by atoms with van der Waals surface area (Å²) in [7, 11) is 1.51. The van der Waals surface area contributed by atoms with E-state index in [0.717, 1.165) is 19.3 Å². The average Bonchev–Trinajstić information content (AvgIpc) is 3.00. The van der Waals surface area contributed by atoms with Crippen molar-refractivity contribution in [2.45, 2.75) is 95.2 Å². The number of amides is 3. The van der Waals surface area contributed by atoms with Gasteiger partial charge in [0.1, 0.15) is 16.9 Å². The van der Waals surface area contributed by atoms with Crippen LogP contribution in [0.15, 0.2) is 9.59 Å². The number of aromatic hydroxyl groups is 1. The van der Waals surface area contributed by atoms with Gasteiger partial charge < -0.3 is 20.8 Å². The highest BCUT2D eigenvalue weighted by atomic mass is 16.4. The molecule has 3 amide bonds. The van der Waals surface area contributed by atoms with Gasteiger partial charge in [0.25, 0.3) is 11.5 Å². The Bertz CT molecular complexity index is 1530. The summed E-state index contributed by atoms with van der Waals surface area (Å²) in [5.74, 6) is -1.88. The number of nitrogens with two attached hydrogens (primary N) is 1. The first kappa shape index (κ1) is 27.2. The molecule has 13 heteroatoms. The van der Waals surface area contributed by atoms with Crippen LogP contribution in [-0.2, 0) is 16.1 Å². The zero-order chi connectivity index (χ0) is 30.0. The van der Waals surface area contributed by atoms with Crippen molar-refractivity contribution in [2.24, 2.45) is 27.9 Å². The number of carboxylic acids is 1. The minimum absolute atomic E-state index is 0.202. The van der Waals surface area contributed by atoms with Gasteiger partial charge in [0.2, 0.25) is 5.88 Å². The Balaban J connectivity index is 1.10. The normalized spacial score (nSPS) is 36.9. The lowest BCUT2D eigenvalue weighted by molar-refractivity contribution is -0.231. The summed E-state index contributed by atoms with van der Waals surface area (Å²) in [5, 5.41) is 28.2. The van der Waals surface area contributed by atoms with Crippen LogP contribution in [0.5, 0.6) is 5.88 Å². The number of imide groups is 1. The van der Waals surface area contributed by atoms with E-state index in [1.54, 1.807) is 4.90 Å². The van der Waals surface area contributed by atoms with E-state index in [1.807, 2.05) is 0 Å². The molecule has 42 heavy (non-hydrogen) atoms. The number of carboxylic acid groups (broad SMARTS) is 1. The number of amidine groups is 1. The molecule has 1 aromatic heterocycles. The molecule has 2 spiro atoms. The van der Waals surface area contributed by atoms with E-state index >= 15 is 0 Å². The van der Waals surface area contributed by atoms with Gasteiger partial charge in [0, 0.05) is 26.2 Å². The quantitative estimate of drug-likeness (QED) is 0.211. The van der Waals surface area contributed by atoms with Gasteiger partial charge in [-0.25, -0.2) is 9.59 Å². The Morgan fingerprint density at radius 3 is 2.17 bits per heavy atom. The molecule has 2 bridgehead atoms. The van der Waals surface area contributed by atoms with E-state index in [-0.39, 0.29) is 40.8 Å². The summed E-state index contributed by atoms with van der Waals surface area (Å²) in [5.41, 5.74) is 2.01. The first-order valence-electron chi connectivity index (χ1n) is 15.0. The molecule has 6 aliphatic carbocycles. The summed E-state index contributed by atoms with van der Waals surface area (Å²) >= 11 is 0. The van der Waals surface area contributed by atoms with E-state index in [4.69, 9.17) is 11.1 Å².